The van der Waals surface area contributed by atoms with Crippen molar-refractivity contribution in [1.29, 1.82) is 0 Å². The van der Waals surface area contributed by atoms with E-state index in [0.29, 0.717) is 0 Å². The first kappa shape index (κ1) is 13.6. The molecule has 7 heteroatoms. The first-order chi connectivity index (χ1) is 7.79. The van der Waals surface area contributed by atoms with Crippen molar-refractivity contribution in [3.05, 3.63) is 29.3 Å². The number of aromatic carboxylic acids is 1. The van der Waals surface area contributed by atoms with E-state index in [-0.39, 0.29) is 22.4 Å². The van der Waals surface area contributed by atoms with Gasteiger partial charge in [-0.15, -0.1) is 0 Å². The summed E-state index contributed by atoms with van der Waals surface area (Å²) in [6, 6.07) is 3.68. The van der Waals surface area contributed by atoms with Gasteiger partial charge in [-0.25, -0.2) is 18.4 Å². The fourth-order valence-corrected chi connectivity index (χ4v) is 2.35. The Morgan fingerprint density at radius 2 is 2.06 bits per heavy atom. The van der Waals surface area contributed by atoms with E-state index >= 15 is 0 Å². The van der Waals surface area contributed by atoms with Crippen LogP contribution in [0.2, 0.25) is 0 Å². The maximum atomic E-state index is 11.3. The van der Waals surface area contributed by atoms with Crippen molar-refractivity contribution in [3.8, 4) is 0 Å². The van der Waals surface area contributed by atoms with Crippen molar-refractivity contribution in [1.82, 2.24) is 0 Å². The van der Waals surface area contributed by atoms with Crippen LogP contribution < -0.4 is 5.14 Å². The molecule has 1 rings (SSSR count). The number of hydrogen-bond donors (Lipinski definition) is 3. The fourth-order valence-electron chi connectivity index (χ4n) is 1.53. The maximum Gasteiger partial charge on any atom is 0.336 e. The lowest BCUT2D eigenvalue weighted by atomic mass is 10.0. The van der Waals surface area contributed by atoms with Crippen LogP contribution in [0.25, 0.3) is 0 Å². The van der Waals surface area contributed by atoms with Crippen molar-refractivity contribution in [2.45, 2.75) is 24.3 Å². The molecule has 0 fully saturated rings. The van der Waals surface area contributed by atoms with Crippen molar-refractivity contribution in [2.24, 2.45) is 5.14 Å². The molecule has 1 aromatic rings. The highest BCUT2D eigenvalue weighted by atomic mass is 32.2. The summed E-state index contributed by atoms with van der Waals surface area (Å²) in [6.45, 7) is 1.61. The van der Waals surface area contributed by atoms with Gasteiger partial charge < -0.3 is 10.2 Å². The van der Waals surface area contributed by atoms with E-state index in [0.717, 1.165) is 0 Å². The number of hydrogen-bond acceptors (Lipinski definition) is 4. The number of benzene rings is 1. The Morgan fingerprint density at radius 1 is 1.47 bits per heavy atom. The van der Waals surface area contributed by atoms with Crippen LogP contribution >= 0.6 is 0 Å². The Bertz CT molecular complexity index is 538. The lowest BCUT2D eigenvalue weighted by Gasteiger charge is -2.15. The van der Waals surface area contributed by atoms with Gasteiger partial charge in [-0.05, 0) is 18.6 Å². The quantitative estimate of drug-likeness (QED) is 0.726. The second kappa shape index (κ2) is 4.82. The second-order valence-electron chi connectivity index (χ2n) is 3.49. The number of carboxylic acid groups (broad SMARTS) is 1. The minimum absolute atomic E-state index is 0.162. The number of carbonyl (C=O) groups is 1. The Labute approximate surface area is 98.7 Å². The van der Waals surface area contributed by atoms with E-state index < -0.39 is 22.1 Å². The molecule has 1 unspecified atom stereocenters. The van der Waals surface area contributed by atoms with Crippen molar-refractivity contribution >= 4 is 16.0 Å². The zero-order valence-corrected chi connectivity index (χ0v) is 9.94. The molecular weight excluding hydrogens is 246 g/mol. The second-order valence-corrected chi connectivity index (χ2v) is 5.02. The molecule has 4 N–H and O–H groups in total. The minimum atomic E-state index is -4.07. The zero-order valence-electron chi connectivity index (χ0n) is 9.12. The predicted octanol–water partition coefficient (Wildman–Crippen LogP) is 0.476. The third-order valence-electron chi connectivity index (χ3n) is 2.32. The highest BCUT2D eigenvalue weighted by Crippen LogP contribution is 2.27. The molecule has 17 heavy (non-hydrogen) atoms. The van der Waals surface area contributed by atoms with Gasteiger partial charge in [0.2, 0.25) is 10.0 Å². The van der Waals surface area contributed by atoms with Crippen LogP contribution in [0.1, 0.15) is 35.4 Å². The van der Waals surface area contributed by atoms with Crippen LogP contribution in [0.5, 0.6) is 0 Å². The fraction of sp³-hybridized carbons (Fsp3) is 0.300. The molecule has 0 heterocycles. The van der Waals surface area contributed by atoms with E-state index in [2.05, 4.69) is 0 Å². The van der Waals surface area contributed by atoms with Crippen molar-refractivity contribution < 1.29 is 23.4 Å². The Kier molecular flexibility index (Phi) is 3.87. The molecule has 0 bridgehead atoms. The summed E-state index contributed by atoms with van der Waals surface area (Å²) in [7, 11) is -4.07. The number of primary sulfonamides is 1. The van der Waals surface area contributed by atoms with Gasteiger partial charge in [0.25, 0.3) is 0 Å². The summed E-state index contributed by atoms with van der Waals surface area (Å²) in [5.74, 6) is -1.31. The number of aliphatic hydroxyl groups excluding tert-OH is 1. The maximum absolute atomic E-state index is 11.3. The summed E-state index contributed by atoms with van der Waals surface area (Å²) in [4.78, 5) is 10.6. The van der Waals surface area contributed by atoms with E-state index in [1.54, 1.807) is 6.92 Å². The Morgan fingerprint density at radius 3 is 2.47 bits per heavy atom. The number of nitrogens with two attached hydrogens (primary N) is 1. The molecule has 0 amide bonds. The number of sulfonamides is 1. The van der Waals surface area contributed by atoms with Crippen molar-refractivity contribution in [3.63, 3.8) is 0 Å². The summed E-state index contributed by atoms with van der Waals surface area (Å²) in [5.41, 5.74) is -0.420. The molecule has 0 spiro atoms. The first-order valence-corrected chi connectivity index (χ1v) is 6.40. The molecule has 0 aromatic heterocycles. The molecule has 0 radical (unpaired) electrons. The molecule has 6 nitrogen and oxygen atoms in total. The largest absolute Gasteiger partial charge is 0.478 e. The Balaban J connectivity index is 3.63. The molecule has 94 valence electrons. The van der Waals surface area contributed by atoms with E-state index in [9.17, 15) is 18.3 Å². The molecule has 0 saturated heterocycles. The van der Waals surface area contributed by atoms with Gasteiger partial charge in [0.1, 0.15) is 0 Å². The normalized spacial score (nSPS) is 13.4. The molecule has 0 aliphatic heterocycles. The van der Waals surface area contributed by atoms with Gasteiger partial charge >= 0.3 is 5.97 Å². The average molecular weight is 259 g/mol. The molecule has 0 aliphatic rings. The van der Waals surface area contributed by atoms with Gasteiger partial charge in [-0.3, -0.25) is 0 Å². The summed E-state index contributed by atoms with van der Waals surface area (Å²) in [5, 5.41) is 23.7. The van der Waals surface area contributed by atoms with Gasteiger partial charge in [0.15, 0.2) is 0 Å². The standard InChI is InChI=1S/C10H13NO5S/c1-2-7(12)9-6(10(13)14)4-3-5-8(9)17(11,15)16/h3-5,7,12H,2H2,1H3,(H,13,14)(H2,11,15,16). The van der Waals surface area contributed by atoms with E-state index in [1.165, 1.54) is 18.2 Å². The first-order valence-electron chi connectivity index (χ1n) is 4.86. The highest BCUT2D eigenvalue weighted by molar-refractivity contribution is 7.89. The molecule has 1 atom stereocenters. The van der Waals surface area contributed by atoms with Crippen LogP contribution in [0.15, 0.2) is 23.1 Å². The summed E-state index contributed by atoms with van der Waals surface area (Å²) < 4.78 is 22.6. The number of carboxylic acids is 1. The molecular formula is C10H13NO5S. The monoisotopic (exact) mass is 259 g/mol. The van der Waals surface area contributed by atoms with Crippen LogP contribution in [0.3, 0.4) is 0 Å². The zero-order chi connectivity index (χ0) is 13.2. The minimum Gasteiger partial charge on any atom is -0.478 e. The van der Waals surface area contributed by atoms with E-state index in [1.807, 2.05) is 0 Å². The van der Waals surface area contributed by atoms with E-state index in [4.69, 9.17) is 10.2 Å². The van der Waals surface area contributed by atoms with Crippen LogP contribution in [-0.2, 0) is 10.0 Å². The highest BCUT2D eigenvalue weighted by Gasteiger charge is 2.24. The van der Waals surface area contributed by atoms with Crippen LogP contribution in [0, 0.1) is 0 Å². The SMILES string of the molecule is CCC(O)c1c(C(=O)O)cccc1S(N)(=O)=O. The van der Waals surface area contributed by atoms with Crippen LogP contribution in [0.4, 0.5) is 0 Å². The van der Waals surface area contributed by atoms with Gasteiger partial charge in [-0.2, -0.15) is 0 Å². The molecule has 0 aliphatic carbocycles. The third-order valence-corrected chi connectivity index (χ3v) is 3.29. The smallest absolute Gasteiger partial charge is 0.336 e. The third kappa shape index (κ3) is 2.82. The van der Waals surface area contributed by atoms with Gasteiger partial charge in [-0.1, -0.05) is 13.0 Å². The number of rotatable bonds is 4. The molecule has 1 aromatic carbocycles. The topological polar surface area (TPSA) is 118 Å². The van der Waals surface area contributed by atoms with Crippen molar-refractivity contribution in [2.75, 3.05) is 0 Å². The lowest BCUT2D eigenvalue weighted by Crippen LogP contribution is -2.18. The summed E-state index contributed by atoms with van der Waals surface area (Å²) in [6.07, 6.45) is -0.997. The average Bonchev–Trinajstić information content (AvgIpc) is 2.25. The Hall–Kier alpha value is -1.44. The lowest BCUT2D eigenvalue weighted by molar-refractivity contribution is 0.0687. The predicted molar refractivity (Wildman–Crippen MR) is 60.0 cm³/mol. The van der Waals surface area contributed by atoms with Gasteiger partial charge in [0.05, 0.1) is 16.6 Å². The van der Waals surface area contributed by atoms with Gasteiger partial charge in [0, 0.05) is 5.56 Å². The molecule has 0 saturated carbocycles. The van der Waals surface area contributed by atoms with Crippen LogP contribution in [-0.4, -0.2) is 24.6 Å². The summed E-state index contributed by atoms with van der Waals surface area (Å²) >= 11 is 0. The number of aliphatic hydroxyl groups is 1.